The lowest BCUT2D eigenvalue weighted by molar-refractivity contribution is -0.142. The van der Waals surface area contributed by atoms with Crippen LogP contribution in [0.1, 0.15) is 68.9 Å². The van der Waals surface area contributed by atoms with Crippen LogP contribution < -0.4 is 0 Å². The highest BCUT2D eigenvalue weighted by atomic mass is 32.1. The number of nitrogens with zero attached hydrogens (tertiary/aromatic N) is 1. The van der Waals surface area contributed by atoms with Crippen LogP contribution in [0.5, 0.6) is 0 Å². The van der Waals surface area contributed by atoms with Gasteiger partial charge in [-0.05, 0) is 86.0 Å². The van der Waals surface area contributed by atoms with Crippen LogP contribution in [0.2, 0.25) is 0 Å². The van der Waals surface area contributed by atoms with Gasteiger partial charge in [-0.2, -0.15) is 0 Å². The van der Waals surface area contributed by atoms with Crippen LogP contribution in [0.25, 0.3) is 10.6 Å². The zero-order valence-corrected chi connectivity index (χ0v) is 19.1. The summed E-state index contributed by atoms with van der Waals surface area (Å²) < 4.78 is 13.4. The minimum absolute atomic E-state index is 0.0505. The number of aliphatic hydroxyl groups excluding tert-OH is 1. The van der Waals surface area contributed by atoms with Gasteiger partial charge in [0.25, 0.3) is 0 Å². The Balaban J connectivity index is 1.38. The Labute approximate surface area is 187 Å². The van der Waals surface area contributed by atoms with Crippen LogP contribution in [0.3, 0.4) is 0 Å². The summed E-state index contributed by atoms with van der Waals surface area (Å²) in [7, 11) is 0. The van der Waals surface area contributed by atoms with E-state index < -0.39 is 0 Å². The molecule has 0 saturated heterocycles. The summed E-state index contributed by atoms with van der Waals surface area (Å²) in [5.41, 5.74) is 1.96. The molecule has 2 aromatic rings. The van der Waals surface area contributed by atoms with E-state index in [0.29, 0.717) is 23.5 Å². The van der Waals surface area contributed by atoms with E-state index in [2.05, 4.69) is 13.8 Å². The molecule has 1 aromatic carbocycles. The lowest BCUT2D eigenvalue weighted by Crippen LogP contribution is -2.56. The Bertz CT molecular complexity index is 1050. The molecule has 31 heavy (non-hydrogen) atoms. The predicted octanol–water partition coefficient (Wildman–Crippen LogP) is 5.76. The van der Waals surface area contributed by atoms with Gasteiger partial charge < -0.3 is 5.11 Å². The molecule has 0 spiro atoms. The standard InChI is InChI=1S/C26H30FNO2S/c1-25-11-9-18-16(17(25)7-8-21(25)30)13-20(29)22-23-19(10-12-26(18,22)2)28-24(31-23)14-3-5-15(27)6-4-14/h3-6,16-18,20,22,29H,7-13H2,1-2H3/t16-,17-,18-,20-,22-,25-,26+/m0/s1. The number of hydrogen-bond acceptors (Lipinski definition) is 4. The number of hydrogen-bond donors (Lipinski definition) is 1. The van der Waals surface area contributed by atoms with Crippen LogP contribution in [0, 0.1) is 34.4 Å². The lowest BCUT2D eigenvalue weighted by Gasteiger charge is -2.60. The van der Waals surface area contributed by atoms with Crippen molar-refractivity contribution in [2.45, 2.75) is 70.8 Å². The maximum Gasteiger partial charge on any atom is 0.139 e. The highest BCUT2D eigenvalue weighted by Crippen LogP contribution is 2.67. The topological polar surface area (TPSA) is 50.2 Å². The number of rotatable bonds is 1. The van der Waals surface area contributed by atoms with Gasteiger partial charge in [-0.3, -0.25) is 4.79 Å². The number of thiazole rings is 1. The Hall–Kier alpha value is -1.59. The number of aromatic nitrogens is 1. The second kappa shape index (κ2) is 6.71. The van der Waals surface area contributed by atoms with Gasteiger partial charge in [-0.25, -0.2) is 9.37 Å². The van der Waals surface area contributed by atoms with Gasteiger partial charge in [0.1, 0.15) is 16.6 Å². The number of halogens is 1. The van der Waals surface area contributed by atoms with Gasteiger partial charge in [-0.15, -0.1) is 11.3 Å². The van der Waals surface area contributed by atoms with Gasteiger partial charge in [0.15, 0.2) is 0 Å². The van der Waals surface area contributed by atoms with E-state index in [1.807, 2.05) is 0 Å². The second-order valence-electron chi connectivity index (χ2n) is 10.9. The SMILES string of the molecule is C[C@]12CCc3nc(-c4ccc(F)cc4)sc3[C@@H]1[C@@H](O)C[C@@H]1[C@@H]2CC[C@]2(C)C(=O)CC[C@@H]12. The van der Waals surface area contributed by atoms with E-state index in [9.17, 15) is 14.3 Å². The summed E-state index contributed by atoms with van der Waals surface area (Å²) >= 11 is 1.69. The molecule has 0 aliphatic heterocycles. The number of carbonyl (C=O) groups excluding carboxylic acids is 1. The number of carbonyl (C=O) groups is 1. The third kappa shape index (κ3) is 2.72. The largest absolute Gasteiger partial charge is 0.392 e. The van der Waals surface area contributed by atoms with Crippen molar-refractivity contribution >= 4 is 17.1 Å². The van der Waals surface area contributed by atoms with Gasteiger partial charge in [-0.1, -0.05) is 13.8 Å². The fraction of sp³-hybridized carbons (Fsp3) is 0.615. The molecule has 3 fully saturated rings. The fourth-order valence-electron chi connectivity index (χ4n) is 8.00. The van der Waals surface area contributed by atoms with Crippen molar-refractivity contribution < 1.29 is 14.3 Å². The van der Waals surface area contributed by atoms with E-state index in [1.165, 1.54) is 17.0 Å². The van der Waals surface area contributed by atoms with Crippen LogP contribution in [-0.4, -0.2) is 22.0 Å². The molecule has 164 valence electrons. The van der Waals surface area contributed by atoms with Gasteiger partial charge in [0.2, 0.25) is 0 Å². The average molecular weight is 440 g/mol. The number of benzene rings is 1. The smallest absolute Gasteiger partial charge is 0.139 e. The first-order valence-corrected chi connectivity index (χ1v) is 12.6. The monoisotopic (exact) mass is 439 g/mol. The summed E-state index contributed by atoms with van der Waals surface area (Å²) in [5.74, 6) is 1.78. The first kappa shape index (κ1) is 20.0. The predicted molar refractivity (Wildman–Crippen MR) is 119 cm³/mol. The molecular weight excluding hydrogens is 409 g/mol. The average Bonchev–Trinajstić information content (AvgIpc) is 3.29. The van der Waals surface area contributed by atoms with Gasteiger partial charge in [0, 0.05) is 28.2 Å². The van der Waals surface area contributed by atoms with Crippen molar-refractivity contribution in [3.8, 4) is 10.6 Å². The Morgan fingerprint density at radius 2 is 1.87 bits per heavy atom. The normalized spacial score (nSPS) is 41.3. The quantitative estimate of drug-likeness (QED) is 0.614. The van der Waals surface area contributed by atoms with Gasteiger partial charge >= 0.3 is 0 Å². The lowest BCUT2D eigenvalue weighted by atomic mass is 9.45. The molecule has 0 amide bonds. The molecule has 3 saturated carbocycles. The summed E-state index contributed by atoms with van der Waals surface area (Å²) in [4.78, 5) is 18.8. The first-order valence-electron chi connectivity index (χ1n) is 11.8. The number of aliphatic hydroxyl groups is 1. The number of ketones is 1. The summed E-state index contributed by atoms with van der Waals surface area (Å²) in [6, 6.07) is 6.57. The molecule has 0 bridgehead atoms. The zero-order valence-electron chi connectivity index (χ0n) is 18.2. The van der Waals surface area contributed by atoms with E-state index >= 15 is 0 Å². The minimum atomic E-state index is -0.384. The Morgan fingerprint density at radius 3 is 2.65 bits per heavy atom. The highest BCUT2D eigenvalue weighted by molar-refractivity contribution is 7.15. The van der Waals surface area contributed by atoms with Crippen molar-refractivity contribution in [3.05, 3.63) is 40.7 Å². The molecule has 4 aliphatic rings. The molecule has 6 rings (SSSR count). The summed E-state index contributed by atoms with van der Waals surface area (Å²) in [5, 5.41) is 12.4. The van der Waals surface area contributed by atoms with Crippen molar-refractivity contribution in [1.82, 2.24) is 4.98 Å². The van der Waals surface area contributed by atoms with Crippen molar-refractivity contribution in [3.63, 3.8) is 0 Å². The second-order valence-corrected chi connectivity index (χ2v) is 11.9. The maximum absolute atomic E-state index is 13.4. The number of fused-ring (bicyclic) bond motifs is 7. The molecule has 0 radical (unpaired) electrons. The summed E-state index contributed by atoms with van der Waals surface area (Å²) in [6.07, 6.45) is 6.25. The van der Waals surface area contributed by atoms with Crippen LogP contribution in [0.4, 0.5) is 4.39 Å². The molecule has 0 unspecified atom stereocenters. The third-order valence-electron chi connectivity index (χ3n) is 9.60. The molecule has 5 heteroatoms. The highest BCUT2D eigenvalue weighted by Gasteiger charge is 2.62. The zero-order chi connectivity index (χ0) is 21.5. The molecular formula is C26H30FNO2S. The molecule has 1 aromatic heterocycles. The number of aryl methyl sites for hydroxylation is 1. The van der Waals surface area contributed by atoms with Crippen molar-refractivity contribution in [1.29, 1.82) is 0 Å². The molecule has 1 heterocycles. The molecule has 4 aliphatic carbocycles. The molecule has 1 N–H and O–H groups in total. The maximum atomic E-state index is 13.4. The fourth-order valence-corrected chi connectivity index (χ4v) is 9.43. The van der Waals surface area contributed by atoms with E-state index in [1.54, 1.807) is 23.5 Å². The van der Waals surface area contributed by atoms with E-state index in [-0.39, 0.29) is 28.7 Å². The van der Waals surface area contributed by atoms with E-state index in [0.717, 1.165) is 61.2 Å². The van der Waals surface area contributed by atoms with Gasteiger partial charge in [0.05, 0.1) is 11.8 Å². The molecule has 3 nitrogen and oxygen atoms in total. The first-order chi connectivity index (χ1) is 14.8. The van der Waals surface area contributed by atoms with Crippen LogP contribution in [0.15, 0.2) is 24.3 Å². The minimum Gasteiger partial charge on any atom is -0.392 e. The molecule has 7 atom stereocenters. The number of Topliss-reactive ketones (excluding diaryl/α,β-unsaturated/α-hetero) is 1. The Kier molecular flexibility index (Phi) is 4.34. The third-order valence-corrected chi connectivity index (χ3v) is 10.8. The Morgan fingerprint density at radius 1 is 1.10 bits per heavy atom. The van der Waals surface area contributed by atoms with E-state index in [4.69, 9.17) is 4.98 Å². The van der Waals surface area contributed by atoms with Crippen molar-refractivity contribution in [2.75, 3.05) is 0 Å². The van der Waals surface area contributed by atoms with Crippen LogP contribution in [-0.2, 0) is 11.2 Å². The van der Waals surface area contributed by atoms with Crippen molar-refractivity contribution in [2.24, 2.45) is 28.6 Å². The summed E-state index contributed by atoms with van der Waals surface area (Å²) in [6.45, 7) is 4.60. The van der Waals surface area contributed by atoms with Crippen LogP contribution >= 0.6 is 11.3 Å².